The first-order valence-electron chi connectivity index (χ1n) is 3.87. The molecule has 0 radical (unpaired) electrons. The molecule has 1 nitrogen and oxygen atoms in total. The molecule has 0 aromatic heterocycles. The van der Waals surface area contributed by atoms with Crippen LogP contribution in [0.4, 0.5) is 0 Å². The number of hydrogen-bond donors (Lipinski definition) is 0. The minimum Gasteiger partial charge on any atom is -0.354 e. The zero-order valence-corrected chi connectivity index (χ0v) is 7.68. The normalized spacial score (nSPS) is 18.5. The van der Waals surface area contributed by atoms with Crippen LogP contribution in [-0.4, -0.2) is 11.9 Å². The standard InChI is InChI=1S/C10H15N/c1-8-5-9(2)7-11(4)10(3)6-8/h5-7H,1-4H3. The summed E-state index contributed by atoms with van der Waals surface area (Å²) >= 11 is 0. The Morgan fingerprint density at radius 1 is 1.00 bits per heavy atom. The van der Waals surface area contributed by atoms with Crippen LogP contribution in [0.3, 0.4) is 0 Å². The molecule has 0 aliphatic carbocycles. The third-order valence-corrected chi connectivity index (χ3v) is 1.85. The van der Waals surface area contributed by atoms with Crippen molar-refractivity contribution in [1.82, 2.24) is 4.90 Å². The molecule has 0 spiro atoms. The van der Waals surface area contributed by atoms with Gasteiger partial charge in [-0.1, -0.05) is 6.08 Å². The Bertz CT molecular complexity index is 244. The molecule has 1 aliphatic heterocycles. The summed E-state index contributed by atoms with van der Waals surface area (Å²) in [5, 5.41) is 0. The summed E-state index contributed by atoms with van der Waals surface area (Å²) in [5.41, 5.74) is 3.91. The van der Waals surface area contributed by atoms with Crippen LogP contribution in [0.1, 0.15) is 20.8 Å². The van der Waals surface area contributed by atoms with Gasteiger partial charge in [0.05, 0.1) is 0 Å². The average molecular weight is 149 g/mol. The van der Waals surface area contributed by atoms with Crippen molar-refractivity contribution in [2.24, 2.45) is 0 Å². The van der Waals surface area contributed by atoms with Gasteiger partial charge in [-0.2, -0.15) is 0 Å². The van der Waals surface area contributed by atoms with Crippen molar-refractivity contribution in [2.75, 3.05) is 7.05 Å². The smallest absolute Gasteiger partial charge is 0.0142 e. The lowest BCUT2D eigenvalue weighted by Crippen LogP contribution is -2.06. The minimum atomic E-state index is 1.29. The Morgan fingerprint density at radius 3 is 2.27 bits per heavy atom. The predicted molar refractivity (Wildman–Crippen MR) is 49.0 cm³/mol. The van der Waals surface area contributed by atoms with Crippen molar-refractivity contribution in [3.63, 3.8) is 0 Å². The summed E-state index contributed by atoms with van der Waals surface area (Å²) < 4.78 is 0. The van der Waals surface area contributed by atoms with E-state index in [1.54, 1.807) is 0 Å². The van der Waals surface area contributed by atoms with E-state index < -0.39 is 0 Å². The Balaban J connectivity index is 3.01. The molecule has 1 rings (SSSR count). The van der Waals surface area contributed by atoms with Crippen LogP contribution in [0.2, 0.25) is 0 Å². The Hall–Kier alpha value is -0.980. The van der Waals surface area contributed by atoms with Crippen LogP contribution in [0.15, 0.2) is 35.2 Å². The second-order valence-electron chi connectivity index (χ2n) is 3.16. The third kappa shape index (κ3) is 1.97. The van der Waals surface area contributed by atoms with Crippen LogP contribution in [-0.2, 0) is 0 Å². The summed E-state index contributed by atoms with van der Waals surface area (Å²) in [4.78, 5) is 2.14. The SMILES string of the molecule is CC1=CC(C)=CN(C)C(C)=C1. The molecule has 1 heteroatoms. The second-order valence-corrected chi connectivity index (χ2v) is 3.16. The first-order chi connectivity index (χ1) is 5.09. The summed E-state index contributed by atoms with van der Waals surface area (Å²) in [6.07, 6.45) is 6.52. The molecular weight excluding hydrogens is 134 g/mol. The minimum absolute atomic E-state index is 1.29. The van der Waals surface area contributed by atoms with Crippen molar-refractivity contribution < 1.29 is 0 Å². The van der Waals surface area contributed by atoms with E-state index in [-0.39, 0.29) is 0 Å². The van der Waals surface area contributed by atoms with Crippen molar-refractivity contribution in [1.29, 1.82) is 0 Å². The van der Waals surface area contributed by atoms with E-state index in [4.69, 9.17) is 0 Å². The Kier molecular flexibility index (Phi) is 2.18. The molecule has 0 bridgehead atoms. The number of hydrogen-bond acceptors (Lipinski definition) is 1. The van der Waals surface area contributed by atoms with Gasteiger partial charge in [0.15, 0.2) is 0 Å². The van der Waals surface area contributed by atoms with Crippen LogP contribution in [0.25, 0.3) is 0 Å². The van der Waals surface area contributed by atoms with Crippen LogP contribution in [0, 0.1) is 0 Å². The van der Waals surface area contributed by atoms with E-state index in [9.17, 15) is 0 Å². The monoisotopic (exact) mass is 149 g/mol. The van der Waals surface area contributed by atoms with Gasteiger partial charge in [0.1, 0.15) is 0 Å². The number of rotatable bonds is 0. The molecule has 0 aromatic carbocycles. The van der Waals surface area contributed by atoms with E-state index in [0.717, 1.165) is 0 Å². The summed E-state index contributed by atoms with van der Waals surface area (Å²) in [6, 6.07) is 0. The molecule has 60 valence electrons. The first-order valence-corrected chi connectivity index (χ1v) is 3.87. The molecular formula is C10H15N. The van der Waals surface area contributed by atoms with Crippen LogP contribution < -0.4 is 0 Å². The highest BCUT2D eigenvalue weighted by molar-refractivity contribution is 5.32. The van der Waals surface area contributed by atoms with Gasteiger partial charge in [-0.15, -0.1) is 0 Å². The van der Waals surface area contributed by atoms with Crippen molar-refractivity contribution in [3.8, 4) is 0 Å². The summed E-state index contributed by atoms with van der Waals surface area (Å²) in [6.45, 7) is 6.36. The molecule has 0 N–H and O–H groups in total. The fraction of sp³-hybridized carbons (Fsp3) is 0.400. The van der Waals surface area contributed by atoms with E-state index >= 15 is 0 Å². The maximum Gasteiger partial charge on any atom is 0.0142 e. The van der Waals surface area contributed by atoms with Gasteiger partial charge < -0.3 is 4.90 Å². The fourth-order valence-electron chi connectivity index (χ4n) is 1.28. The first kappa shape index (κ1) is 8.12. The zero-order valence-electron chi connectivity index (χ0n) is 7.68. The van der Waals surface area contributed by atoms with E-state index in [1.165, 1.54) is 16.8 Å². The van der Waals surface area contributed by atoms with Gasteiger partial charge in [-0.25, -0.2) is 0 Å². The highest BCUT2D eigenvalue weighted by Crippen LogP contribution is 2.14. The fourth-order valence-corrected chi connectivity index (χ4v) is 1.28. The van der Waals surface area contributed by atoms with Gasteiger partial charge >= 0.3 is 0 Å². The highest BCUT2D eigenvalue weighted by atomic mass is 15.1. The van der Waals surface area contributed by atoms with Gasteiger partial charge in [0.2, 0.25) is 0 Å². The van der Waals surface area contributed by atoms with Crippen molar-refractivity contribution in [3.05, 3.63) is 35.2 Å². The lowest BCUT2D eigenvalue weighted by atomic mass is 10.2. The second kappa shape index (κ2) is 2.95. The molecule has 0 atom stereocenters. The van der Waals surface area contributed by atoms with Gasteiger partial charge in [0.25, 0.3) is 0 Å². The van der Waals surface area contributed by atoms with Gasteiger partial charge in [-0.3, -0.25) is 0 Å². The average Bonchev–Trinajstić information content (AvgIpc) is 1.93. The number of allylic oxidation sites excluding steroid dienone is 5. The Labute approximate surface area is 68.7 Å². The van der Waals surface area contributed by atoms with Crippen molar-refractivity contribution in [2.45, 2.75) is 20.8 Å². The van der Waals surface area contributed by atoms with Crippen molar-refractivity contribution >= 4 is 0 Å². The zero-order chi connectivity index (χ0) is 8.43. The molecule has 0 saturated carbocycles. The quantitative estimate of drug-likeness (QED) is 0.512. The Morgan fingerprint density at radius 2 is 1.64 bits per heavy atom. The lowest BCUT2D eigenvalue weighted by molar-refractivity contribution is 0.567. The predicted octanol–water partition coefficient (Wildman–Crippen LogP) is 2.69. The van der Waals surface area contributed by atoms with Crippen LogP contribution in [0.5, 0.6) is 0 Å². The van der Waals surface area contributed by atoms with E-state index in [2.05, 4.69) is 51.1 Å². The van der Waals surface area contributed by atoms with E-state index in [1.807, 2.05) is 0 Å². The van der Waals surface area contributed by atoms with Gasteiger partial charge in [-0.05, 0) is 38.0 Å². The molecule has 11 heavy (non-hydrogen) atoms. The highest BCUT2D eigenvalue weighted by Gasteiger charge is 1.99. The number of nitrogens with zero attached hydrogens (tertiary/aromatic N) is 1. The molecule has 0 aromatic rings. The molecule has 1 heterocycles. The van der Waals surface area contributed by atoms with Gasteiger partial charge in [0, 0.05) is 18.9 Å². The van der Waals surface area contributed by atoms with E-state index in [0.29, 0.717) is 0 Å². The molecule has 0 amide bonds. The largest absolute Gasteiger partial charge is 0.354 e. The summed E-state index contributed by atoms with van der Waals surface area (Å²) in [5.74, 6) is 0. The van der Waals surface area contributed by atoms with Crippen LogP contribution >= 0.6 is 0 Å². The molecule has 0 saturated heterocycles. The lowest BCUT2D eigenvalue weighted by Gasteiger charge is -2.13. The molecule has 0 unspecified atom stereocenters. The third-order valence-electron chi connectivity index (χ3n) is 1.85. The molecule has 0 fully saturated rings. The molecule has 1 aliphatic rings. The maximum atomic E-state index is 2.19. The topological polar surface area (TPSA) is 3.24 Å². The maximum absolute atomic E-state index is 2.19. The summed E-state index contributed by atoms with van der Waals surface area (Å²) in [7, 11) is 2.07.